The Morgan fingerprint density at radius 1 is 1.07 bits per heavy atom. The van der Waals surface area contributed by atoms with Gasteiger partial charge in [-0.2, -0.15) is 0 Å². The van der Waals surface area contributed by atoms with E-state index in [0.717, 1.165) is 42.4 Å². The third-order valence-corrected chi connectivity index (χ3v) is 5.12. The molecule has 1 aromatic carbocycles. The van der Waals surface area contributed by atoms with E-state index in [4.69, 9.17) is 17.3 Å². The van der Waals surface area contributed by atoms with Crippen LogP contribution >= 0.6 is 11.6 Å². The van der Waals surface area contributed by atoms with E-state index in [1.165, 1.54) is 18.5 Å². The van der Waals surface area contributed by atoms with Crippen LogP contribution < -0.4 is 16.4 Å². The van der Waals surface area contributed by atoms with E-state index in [1.54, 1.807) is 12.3 Å². The molecule has 2 aromatic heterocycles. The van der Waals surface area contributed by atoms with Gasteiger partial charge in [-0.15, -0.1) is 0 Å². The molecule has 0 radical (unpaired) electrons. The van der Waals surface area contributed by atoms with Gasteiger partial charge in [0.15, 0.2) is 0 Å². The van der Waals surface area contributed by atoms with Gasteiger partial charge in [-0.05, 0) is 49.9 Å². The highest BCUT2D eigenvalue weighted by Crippen LogP contribution is 2.28. The van der Waals surface area contributed by atoms with Gasteiger partial charge in [-0.1, -0.05) is 11.6 Å². The van der Waals surface area contributed by atoms with Crippen LogP contribution in [0.3, 0.4) is 0 Å². The van der Waals surface area contributed by atoms with Gasteiger partial charge in [0.1, 0.15) is 23.8 Å². The number of aromatic nitrogens is 3. The summed E-state index contributed by atoms with van der Waals surface area (Å²) >= 11 is 5.87. The topological polar surface area (TPSA) is 88.8 Å². The van der Waals surface area contributed by atoms with Crippen LogP contribution in [-0.4, -0.2) is 27.0 Å². The Bertz CT molecular complexity index is 958. The Morgan fingerprint density at radius 3 is 2.67 bits per heavy atom. The Kier molecular flexibility index (Phi) is 5.05. The van der Waals surface area contributed by atoms with Crippen molar-refractivity contribution in [3.05, 3.63) is 47.6 Å². The summed E-state index contributed by atoms with van der Waals surface area (Å²) in [6.07, 6.45) is 7.29. The SMILES string of the molecule is NC1CCC(Nc2cc3c(Nc4ccc(F)c(Cl)c4)ncnc3cn2)CC1. The first kappa shape index (κ1) is 17.9. The molecule has 0 amide bonds. The number of nitrogens with zero attached hydrogens (tertiary/aromatic N) is 3. The summed E-state index contributed by atoms with van der Waals surface area (Å²) in [5.74, 6) is 0.925. The second-order valence-electron chi connectivity index (χ2n) is 6.82. The van der Waals surface area contributed by atoms with Gasteiger partial charge in [0.05, 0.1) is 16.7 Å². The smallest absolute Gasteiger partial charge is 0.141 e. The normalized spacial score (nSPS) is 19.8. The van der Waals surface area contributed by atoms with Crippen molar-refractivity contribution in [2.24, 2.45) is 5.73 Å². The Hall–Kier alpha value is -2.51. The number of nitrogens with one attached hydrogen (secondary N) is 2. The molecular formula is C19H20ClFN6. The van der Waals surface area contributed by atoms with Crippen LogP contribution in [0.15, 0.2) is 36.8 Å². The van der Waals surface area contributed by atoms with Crippen molar-refractivity contribution in [3.63, 3.8) is 0 Å². The number of rotatable bonds is 4. The number of anilines is 3. The van der Waals surface area contributed by atoms with E-state index in [-0.39, 0.29) is 5.02 Å². The van der Waals surface area contributed by atoms with Crippen LogP contribution in [-0.2, 0) is 0 Å². The molecule has 0 aliphatic heterocycles. The summed E-state index contributed by atoms with van der Waals surface area (Å²) < 4.78 is 13.4. The lowest BCUT2D eigenvalue weighted by Crippen LogP contribution is -2.33. The third kappa shape index (κ3) is 4.09. The number of hydrogen-bond acceptors (Lipinski definition) is 6. The molecule has 1 aliphatic carbocycles. The lowest BCUT2D eigenvalue weighted by molar-refractivity contribution is 0.410. The summed E-state index contributed by atoms with van der Waals surface area (Å²) in [7, 11) is 0. The minimum atomic E-state index is -0.461. The van der Waals surface area contributed by atoms with Gasteiger partial charge >= 0.3 is 0 Å². The summed E-state index contributed by atoms with van der Waals surface area (Å²) in [6.45, 7) is 0. The summed E-state index contributed by atoms with van der Waals surface area (Å²) in [4.78, 5) is 13.1. The highest BCUT2D eigenvalue weighted by atomic mass is 35.5. The van der Waals surface area contributed by atoms with E-state index in [0.29, 0.717) is 23.6 Å². The van der Waals surface area contributed by atoms with Crippen LogP contribution in [0.5, 0.6) is 0 Å². The van der Waals surface area contributed by atoms with E-state index in [9.17, 15) is 4.39 Å². The second kappa shape index (κ2) is 7.62. The molecule has 0 saturated heterocycles. The molecule has 1 fully saturated rings. The number of nitrogens with two attached hydrogens (primary N) is 1. The molecule has 4 N–H and O–H groups in total. The monoisotopic (exact) mass is 386 g/mol. The fourth-order valence-corrected chi connectivity index (χ4v) is 3.50. The van der Waals surface area contributed by atoms with E-state index >= 15 is 0 Å². The van der Waals surface area contributed by atoms with Crippen LogP contribution in [0, 0.1) is 5.82 Å². The molecule has 27 heavy (non-hydrogen) atoms. The molecule has 0 unspecified atom stereocenters. The number of fused-ring (bicyclic) bond motifs is 1. The van der Waals surface area contributed by atoms with Crippen molar-refractivity contribution < 1.29 is 4.39 Å². The van der Waals surface area contributed by atoms with Crippen LogP contribution in [0.4, 0.5) is 21.7 Å². The summed E-state index contributed by atoms with van der Waals surface area (Å²) in [5.41, 5.74) is 7.34. The quantitative estimate of drug-likeness (QED) is 0.621. The molecule has 140 valence electrons. The molecule has 6 nitrogen and oxygen atoms in total. The zero-order valence-corrected chi connectivity index (χ0v) is 15.4. The molecule has 1 saturated carbocycles. The maximum atomic E-state index is 13.4. The average molecular weight is 387 g/mol. The van der Waals surface area contributed by atoms with Crippen molar-refractivity contribution in [1.82, 2.24) is 15.0 Å². The Morgan fingerprint density at radius 2 is 1.89 bits per heavy atom. The number of benzene rings is 1. The molecule has 2 heterocycles. The van der Waals surface area contributed by atoms with Gasteiger partial charge < -0.3 is 16.4 Å². The maximum absolute atomic E-state index is 13.4. The third-order valence-electron chi connectivity index (χ3n) is 4.83. The minimum absolute atomic E-state index is 0.0536. The largest absolute Gasteiger partial charge is 0.367 e. The molecule has 0 atom stereocenters. The predicted molar refractivity (Wildman–Crippen MR) is 106 cm³/mol. The van der Waals surface area contributed by atoms with Crippen LogP contribution in [0.25, 0.3) is 10.9 Å². The zero-order chi connectivity index (χ0) is 18.8. The van der Waals surface area contributed by atoms with Crippen molar-refractivity contribution in [2.45, 2.75) is 37.8 Å². The fraction of sp³-hybridized carbons (Fsp3) is 0.316. The zero-order valence-electron chi connectivity index (χ0n) is 14.6. The van der Waals surface area contributed by atoms with E-state index in [1.807, 2.05) is 6.07 Å². The van der Waals surface area contributed by atoms with E-state index < -0.39 is 5.82 Å². The fourth-order valence-electron chi connectivity index (χ4n) is 3.32. The summed E-state index contributed by atoms with van der Waals surface area (Å²) in [6, 6.07) is 7.05. The standard InChI is InChI=1S/C19H20ClFN6/c20-15-7-13(5-6-16(15)21)27-19-14-8-18(23-9-17(14)24-10-25-19)26-12-3-1-11(22)2-4-12/h5-12H,1-4,22H2,(H,23,26)(H,24,25,27). The van der Waals surface area contributed by atoms with Crippen molar-refractivity contribution in [2.75, 3.05) is 10.6 Å². The van der Waals surface area contributed by atoms with Gasteiger partial charge in [0.2, 0.25) is 0 Å². The molecule has 8 heteroatoms. The van der Waals surface area contributed by atoms with Crippen LogP contribution in [0.2, 0.25) is 5.02 Å². The second-order valence-corrected chi connectivity index (χ2v) is 7.23. The van der Waals surface area contributed by atoms with E-state index in [2.05, 4.69) is 25.6 Å². The lowest BCUT2D eigenvalue weighted by atomic mass is 9.92. The number of hydrogen-bond donors (Lipinski definition) is 3. The van der Waals surface area contributed by atoms with Crippen molar-refractivity contribution in [1.29, 1.82) is 0 Å². The number of halogens is 2. The Balaban J connectivity index is 1.60. The first-order chi connectivity index (χ1) is 13.1. The van der Waals surface area contributed by atoms with Gasteiger partial charge in [-0.3, -0.25) is 0 Å². The molecule has 0 spiro atoms. The highest BCUT2D eigenvalue weighted by Gasteiger charge is 2.19. The average Bonchev–Trinajstić information content (AvgIpc) is 2.67. The predicted octanol–water partition coefficient (Wildman–Crippen LogP) is 4.24. The maximum Gasteiger partial charge on any atom is 0.141 e. The van der Waals surface area contributed by atoms with Crippen molar-refractivity contribution in [3.8, 4) is 0 Å². The van der Waals surface area contributed by atoms with Crippen LogP contribution in [0.1, 0.15) is 25.7 Å². The molecule has 1 aliphatic rings. The lowest BCUT2D eigenvalue weighted by Gasteiger charge is -2.27. The first-order valence-corrected chi connectivity index (χ1v) is 9.31. The molecule has 3 aromatic rings. The summed E-state index contributed by atoms with van der Waals surface area (Å²) in [5, 5.41) is 7.53. The molecular weight excluding hydrogens is 367 g/mol. The number of pyridine rings is 1. The molecule has 4 rings (SSSR count). The van der Waals surface area contributed by atoms with Gasteiger partial charge in [-0.25, -0.2) is 19.3 Å². The Labute approximate surface area is 161 Å². The first-order valence-electron chi connectivity index (χ1n) is 8.93. The van der Waals surface area contributed by atoms with Gasteiger partial charge in [0.25, 0.3) is 0 Å². The minimum Gasteiger partial charge on any atom is -0.367 e. The van der Waals surface area contributed by atoms with Gasteiger partial charge in [0, 0.05) is 23.2 Å². The highest BCUT2D eigenvalue weighted by molar-refractivity contribution is 6.31. The van der Waals surface area contributed by atoms with Crippen molar-refractivity contribution >= 4 is 39.8 Å². The molecule has 0 bridgehead atoms.